The van der Waals surface area contributed by atoms with Crippen LogP contribution >= 0.6 is 0 Å². The van der Waals surface area contributed by atoms with E-state index in [-0.39, 0.29) is 11.9 Å². The van der Waals surface area contributed by atoms with Crippen LogP contribution in [0.1, 0.15) is 23.6 Å². The molecule has 1 aliphatic rings. The van der Waals surface area contributed by atoms with Crippen LogP contribution in [0.25, 0.3) is 0 Å². The molecule has 1 saturated heterocycles. The maximum Gasteiger partial charge on any atom is 0.130 e. The molecule has 2 atom stereocenters. The van der Waals surface area contributed by atoms with Gasteiger partial charge in [-0.15, -0.1) is 0 Å². The number of hydrogen-bond donors (Lipinski definition) is 1. The van der Waals surface area contributed by atoms with Gasteiger partial charge in [0.25, 0.3) is 0 Å². The summed E-state index contributed by atoms with van der Waals surface area (Å²) in [5, 5.41) is 18.9. The lowest BCUT2D eigenvalue weighted by Gasteiger charge is -2.25. The number of halogens is 1. The van der Waals surface area contributed by atoms with Gasteiger partial charge < -0.3 is 10.0 Å². The van der Waals surface area contributed by atoms with Crippen LogP contribution in [0.2, 0.25) is 0 Å². The molecule has 21 heavy (non-hydrogen) atoms. The standard InChI is InChI=1S/C16H14FN3O/c17-13-3-1-2-12(7-13)15-8-14(21)10-20(15)16-6-11(9-18)4-5-19-16/h1-7,14-15,21H,8,10H2/t14-,15-/m0/s1. The van der Waals surface area contributed by atoms with E-state index < -0.39 is 6.10 Å². The summed E-state index contributed by atoms with van der Waals surface area (Å²) >= 11 is 0. The van der Waals surface area contributed by atoms with Gasteiger partial charge in [-0.25, -0.2) is 9.37 Å². The van der Waals surface area contributed by atoms with Crippen LogP contribution in [0.5, 0.6) is 0 Å². The zero-order valence-electron chi connectivity index (χ0n) is 11.3. The molecule has 1 fully saturated rings. The van der Waals surface area contributed by atoms with Crippen LogP contribution < -0.4 is 4.90 Å². The third-order valence-electron chi connectivity index (χ3n) is 3.68. The number of benzene rings is 1. The van der Waals surface area contributed by atoms with Crippen LogP contribution in [0, 0.1) is 17.1 Å². The van der Waals surface area contributed by atoms with Crippen molar-refractivity contribution < 1.29 is 9.50 Å². The Morgan fingerprint density at radius 2 is 2.19 bits per heavy atom. The minimum atomic E-state index is -0.495. The van der Waals surface area contributed by atoms with Crippen molar-refractivity contribution in [3.8, 4) is 6.07 Å². The Morgan fingerprint density at radius 3 is 2.95 bits per heavy atom. The number of aromatic nitrogens is 1. The van der Waals surface area contributed by atoms with Gasteiger partial charge in [-0.1, -0.05) is 12.1 Å². The predicted molar refractivity (Wildman–Crippen MR) is 76.1 cm³/mol. The number of rotatable bonds is 2. The van der Waals surface area contributed by atoms with Crippen molar-refractivity contribution in [3.63, 3.8) is 0 Å². The Labute approximate surface area is 122 Å². The lowest BCUT2D eigenvalue weighted by atomic mass is 10.0. The monoisotopic (exact) mass is 283 g/mol. The molecule has 1 N–H and O–H groups in total. The molecule has 3 rings (SSSR count). The van der Waals surface area contributed by atoms with Crippen molar-refractivity contribution in [2.45, 2.75) is 18.6 Å². The molecule has 106 valence electrons. The molecular formula is C16H14FN3O. The lowest BCUT2D eigenvalue weighted by Crippen LogP contribution is -2.25. The van der Waals surface area contributed by atoms with E-state index in [0.29, 0.717) is 24.3 Å². The zero-order chi connectivity index (χ0) is 14.8. The maximum atomic E-state index is 13.4. The number of β-amino-alcohol motifs (C(OH)–C–C–N with tert-alkyl or cyclic N) is 1. The summed E-state index contributed by atoms with van der Waals surface area (Å²) < 4.78 is 13.4. The SMILES string of the molecule is N#Cc1ccnc(N2C[C@@H](O)C[C@H]2c2cccc(F)c2)c1. The van der Waals surface area contributed by atoms with E-state index in [1.807, 2.05) is 11.0 Å². The molecule has 5 heteroatoms. The number of nitrogens with zero attached hydrogens (tertiary/aromatic N) is 3. The zero-order valence-corrected chi connectivity index (χ0v) is 11.3. The van der Waals surface area contributed by atoms with Crippen molar-refractivity contribution in [3.05, 3.63) is 59.5 Å². The first-order valence-corrected chi connectivity index (χ1v) is 6.73. The highest BCUT2D eigenvalue weighted by molar-refractivity contribution is 5.48. The molecule has 0 aliphatic carbocycles. The smallest absolute Gasteiger partial charge is 0.130 e. The van der Waals surface area contributed by atoms with E-state index >= 15 is 0 Å². The van der Waals surface area contributed by atoms with Crippen LogP contribution in [-0.2, 0) is 0 Å². The van der Waals surface area contributed by atoms with E-state index in [2.05, 4.69) is 11.1 Å². The van der Waals surface area contributed by atoms with Gasteiger partial charge in [0.1, 0.15) is 11.6 Å². The number of aliphatic hydroxyl groups is 1. The van der Waals surface area contributed by atoms with Gasteiger partial charge in [0.2, 0.25) is 0 Å². The molecule has 0 radical (unpaired) electrons. The molecule has 0 spiro atoms. The molecule has 2 heterocycles. The topological polar surface area (TPSA) is 60.2 Å². The fourth-order valence-electron chi connectivity index (χ4n) is 2.74. The van der Waals surface area contributed by atoms with Gasteiger partial charge in [-0.05, 0) is 36.2 Å². The Bertz CT molecular complexity index is 698. The Hall–Kier alpha value is -2.45. The first-order valence-electron chi connectivity index (χ1n) is 6.73. The number of aliphatic hydroxyl groups excluding tert-OH is 1. The van der Waals surface area contributed by atoms with Crippen molar-refractivity contribution in [2.75, 3.05) is 11.4 Å². The molecule has 1 aromatic carbocycles. The normalized spacial score (nSPS) is 21.3. The van der Waals surface area contributed by atoms with Gasteiger partial charge in [0.05, 0.1) is 23.8 Å². The highest BCUT2D eigenvalue weighted by atomic mass is 19.1. The van der Waals surface area contributed by atoms with Gasteiger partial charge in [-0.3, -0.25) is 0 Å². The highest BCUT2D eigenvalue weighted by Crippen LogP contribution is 2.35. The second-order valence-corrected chi connectivity index (χ2v) is 5.13. The van der Waals surface area contributed by atoms with Crippen LogP contribution in [0.4, 0.5) is 10.2 Å². The lowest BCUT2D eigenvalue weighted by molar-refractivity contribution is 0.194. The molecule has 2 aromatic rings. The average molecular weight is 283 g/mol. The maximum absolute atomic E-state index is 13.4. The molecule has 0 amide bonds. The molecule has 4 nitrogen and oxygen atoms in total. The molecule has 0 saturated carbocycles. The predicted octanol–water partition coefficient (Wildman–Crippen LogP) is 2.40. The summed E-state index contributed by atoms with van der Waals surface area (Å²) in [7, 11) is 0. The van der Waals surface area contributed by atoms with E-state index in [0.717, 1.165) is 5.56 Å². The van der Waals surface area contributed by atoms with E-state index in [9.17, 15) is 9.50 Å². The van der Waals surface area contributed by atoms with Crippen molar-refractivity contribution in [1.29, 1.82) is 5.26 Å². The molecular weight excluding hydrogens is 269 g/mol. The van der Waals surface area contributed by atoms with Crippen LogP contribution in [-0.4, -0.2) is 22.7 Å². The third kappa shape index (κ3) is 2.71. The van der Waals surface area contributed by atoms with E-state index in [1.54, 1.807) is 24.4 Å². The Balaban J connectivity index is 1.97. The van der Waals surface area contributed by atoms with E-state index in [1.165, 1.54) is 12.1 Å². The summed E-state index contributed by atoms with van der Waals surface area (Å²) in [5.74, 6) is 0.326. The first-order chi connectivity index (χ1) is 10.2. The molecule has 1 aromatic heterocycles. The van der Waals surface area contributed by atoms with Crippen molar-refractivity contribution in [2.24, 2.45) is 0 Å². The second-order valence-electron chi connectivity index (χ2n) is 5.13. The fourth-order valence-corrected chi connectivity index (χ4v) is 2.74. The van der Waals surface area contributed by atoms with Crippen LogP contribution in [0.15, 0.2) is 42.6 Å². The summed E-state index contributed by atoms with van der Waals surface area (Å²) in [4.78, 5) is 6.19. The number of pyridine rings is 1. The van der Waals surface area contributed by atoms with E-state index in [4.69, 9.17) is 5.26 Å². The number of anilines is 1. The quantitative estimate of drug-likeness (QED) is 0.919. The second kappa shape index (κ2) is 5.51. The highest BCUT2D eigenvalue weighted by Gasteiger charge is 2.33. The minimum Gasteiger partial charge on any atom is -0.391 e. The summed E-state index contributed by atoms with van der Waals surface area (Å²) in [5.41, 5.74) is 1.31. The molecule has 0 bridgehead atoms. The van der Waals surface area contributed by atoms with Gasteiger partial charge in [0, 0.05) is 12.7 Å². The molecule has 0 unspecified atom stereocenters. The largest absolute Gasteiger partial charge is 0.391 e. The Kier molecular flexibility index (Phi) is 3.55. The van der Waals surface area contributed by atoms with Gasteiger partial charge in [-0.2, -0.15) is 5.26 Å². The number of hydrogen-bond acceptors (Lipinski definition) is 4. The summed E-state index contributed by atoms with van der Waals surface area (Å²) in [6.07, 6.45) is 1.59. The van der Waals surface area contributed by atoms with Crippen molar-refractivity contribution >= 4 is 5.82 Å². The van der Waals surface area contributed by atoms with Crippen LogP contribution in [0.3, 0.4) is 0 Å². The molecule has 1 aliphatic heterocycles. The summed E-state index contributed by atoms with van der Waals surface area (Å²) in [6.45, 7) is 0.420. The average Bonchev–Trinajstić information content (AvgIpc) is 2.89. The van der Waals surface area contributed by atoms with Gasteiger partial charge in [0.15, 0.2) is 0 Å². The van der Waals surface area contributed by atoms with Gasteiger partial charge >= 0.3 is 0 Å². The fraction of sp³-hybridized carbons (Fsp3) is 0.250. The Morgan fingerprint density at radius 1 is 1.33 bits per heavy atom. The third-order valence-corrected chi connectivity index (χ3v) is 3.68. The minimum absolute atomic E-state index is 0.142. The number of nitriles is 1. The van der Waals surface area contributed by atoms with Crippen molar-refractivity contribution in [1.82, 2.24) is 4.98 Å². The first kappa shape index (κ1) is 13.5. The summed E-state index contributed by atoms with van der Waals surface area (Å²) in [6, 6.07) is 11.6.